The average molecular weight is 211 g/mol. The first-order chi connectivity index (χ1) is 7.31. The zero-order chi connectivity index (χ0) is 10.7. The first kappa shape index (κ1) is 11.4. The molecule has 15 heavy (non-hydrogen) atoms. The Bertz CT molecular complexity index is 185. The van der Waals surface area contributed by atoms with Crippen LogP contribution in [0.1, 0.15) is 51.9 Å². The Morgan fingerprint density at radius 2 is 1.87 bits per heavy atom. The molecule has 2 rings (SSSR count). The minimum Gasteiger partial charge on any atom is -0.377 e. The van der Waals surface area contributed by atoms with Crippen molar-refractivity contribution in [3.8, 4) is 0 Å². The third-order valence-electron chi connectivity index (χ3n) is 3.95. The Morgan fingerprint density at radius 3 is 2.40 bits per heavy atom. The van der Waals surface area contributed by atoms with Gasteiger partial charge in [-0.05, 0) is 38.0 Å². The van der Waals surface area contributed by atoms with Crippen LogP contribution in [0.3, 0.4) is 0 Å². The van der Waals surface area contributed by atoms with Gasteiger partial charge in [-0.3, -0.25) is 0 Å². The molecule has 2 saturated carbocycles. The molecule has 2 aliphatic rings. The summed E-state index contributed by atoms with van der Waals surface area (Å²) in [5.41, 5.74) is 6.30. The standard InChI is InChI=1S/C13H25NO/c1-2-15-13(11-7-8-11)12(14)9-10-5-3-4-6-10/h10-13H,2-9,14H2,1H3. The zero-order valence-electron chi connectivity index (χ0n) is 9.95. The summed E-state index contributed by atoms with van der Waals surface area (Å²) in [5.74, 6) is 1.67. The van der Waals surface area contributed by atoms with E-state index < -0.39 is 0 Å². The maximum atomic E-state index is 6.30. The summed E-state index contributed by atoms with van der Waals surface area (Å²) in [4.78, 5) is 0. The van der Waals surface area contributed by atoms with Crippen LogP contribution < -0.4 is 5.73 Å². The molecule has 0 amide bonds. The van der Waals surface area contributed by atoms with Gasteiger partial charge in [0.25, 0.3) is 0 Å². The number of hydrogen-bond donors (Lipinski definition) is 1. The summed E-state index contributed by atoms with van der Waals surface area (Å²) in [6.07, 6.45) is 9.86. The Kier molecular flexibility index (Phi) is 4.04. The minimum absolute atomic E-state index is 0.292. The van der Waals surface area contributed by atoms with Crippen molar-refractivity contribution in [2.45, 2.75) is 64.0 Å². The molecule has 0 radical (unpaired) electrons. The van der Waals surface area contributed by atoms with E-state index in [2.05, 4.69) is 6.92 Å². The SMILES string of the molecule is CCOC(C(N)CC1CCCC1)C1CC1. The van der Waals surface area contributed by atoms with E-state index in [0.717, 1.165) is 18.4 Å². The smallest absolute Gasteiger partial charge is 0.0753 e. The van der Waals surface area contributed by atoms with Crippen molar-refractivity contribution < 1.29 is 4.74 Å². The third kappa shape index (κ3) is 3.18. The monoisotopic (exact) mass is 211 g/mol. The van der Waals surface area contributed by atoms with Crippen molar-refractivity contribution in [1.29, 1.82) is 0 Å². The Morgan fingerprint density at radius 1 is 1.20 bits per heavy atom. The molecule has 2 heteroatoms. The van der Waals surface area contributed by atoms with Crippen LogP contribution in [-0.2, 0) is 4.74 Å². The summed E-state index contributed by atoms with van der Waals surface area (Å²) in [5, 5.41) is 0. The molecule has 2 nitrogen and oxygen atoms in total. The van der Waals surface area contributed by atoms with Gasteiger partial charge in [-0.1, -0.05) is 25.7 Å². The second kappa shape index (κ2) is 5.31. The maximum absolute atomic E-state index is 6.30. The lowest BCUT2D eigenvalue weighted by Crippen LogP contribution is -2.39. The molecule has 0 aromatic heterocycles. The van der Waals surface area contributed by atoms with Crippen molar-refractivity contribution in [2.24, 2.45) is 17.6 Å². The van der Waals surface area contributed by atoms with Gasteiger partial charge in [0, 0.05) is 12.6 Å². The summed E-state index contributed by atoms with van der Waals surface area (Å²) < 4.78 is 5.81. The van der Waals surface area contributed by atoms with Crippen LogP contribution in [0, 0.1) is 11.8 Å². The lowest BCUT2D eigenvalue weighted by molar-refractivity contribution is 0.0232. The van der Waals surface area contributed by atoms with E-state index in [-0.39, 0.29) is 0 Å². The van der Waals surface area contributed by atoms with Crippen molar-refractivity contribution in [2.75, 3.05) is 6.61 Å². The normalized spacial score (nSPS) is 26.8. The fourth-order valence-corrected chi connectivity index (χ4v) is 2.99. The van der Waals surface area contributed by atoms with Gasteiger partial charge >= 0.3 is 0 Å². The predicted molar refractivity (Wildman–Crippen MR) is 62.7 cm³/mol. The Labute approximate surface area is 93.6 Å². The van der Waals surface area contributed by atoms with Crippen molar-refractivity contribution >= 4 is 0 Å². The van der Waals surface area contributed by atoms with Crippen LogP contribution in [0.4, 0.5) is 0 Å². The third-order valence-corrected chi connectivity index (χ3v) is 3.95. The second-order valence-corrected chi connectivity index (χ2v) is 5.31. The fraction of sp³-hybridized carbons (Fsp3) is 1.00. The molecule has 88 valence electrons. The molecule has 2 N–H and O–H groups in total. The minimum atomic E-state index is 0.292. The van der Waals surface area contributed by atoms with E-state index in [1.54, 1.807) is 0 Å². The van der Waals surface area contributed by atoms with Gasteiger partial charge in [0.2, 0.25) is 0 Å². The van der Waals surface area contributed by atoms with Gasteiger partial charge in [0.1, 0.15) is 0 Å². The summed E-state index contributed by atoms with van der Waals surface area (Å²) in [6, 6.07) is 0.292. The van der Waals surface area contributed by atoms with Crippen molar-refractivity contribution in [3.05, 3.63) is 0 Å². The van der Waals surface area contributed by atoms with Gasteiger partial charge in [0.05, 0.1) is 6.10 Å². The first-order valence-electron chi connectivity index (χ1n) is 6.68. The Balaban J connectivity index is 1.77. The highest BCUT2D eigenvalue weighted by Crippen LogP contribution is 2.38. The van der Waals surface area contributed by atoms with Crippen LogP contribution in [-0.4, -0.2) is 18.8 Å². The number of nitrogens with two attached hydrogens (primary N) is 1. The molecule has 0 bridgehead atoms. The quantitative estimate of drug-likeness (QED) is 0.733. The molecule has 2 aliphatic carbocycles. The topological polar surface area (TPSA) is 35.2 Å². The molecular formula is C13H25NO. The molecule has 0 saturated heterocycles. The van der Waals surface area contributed by atoms with Crippen LogP contribution in [0.25, 0.3) is 0 Å². The van der Waals surface area contributed by atoms with Crippen LogP contribution in [0.15, 0.2) is 0 Å². The summed E-state index contributed by atoms with van der Waals surface area (Å²) >= 11 is 0. The van der Waals surface area contributed by atoms with Gasteiger partial charge in [-0.25, -0.2) is 0 Å². The van der Waals surface area contributed by atoms with Crippen LogP contribution >= 0.6 is 0 Å². The molecule has 0 aromatic carbocycles. The Hall–Kier alpha value is -0.0800. The average Bonchev–Trinajstić information content (AvgIpc) is 2.93. The predicted octanol–water partition coefficient (Wildman–Crippen LogP) is 2.71. The molecule has 2 fully saturated rings. The lowest BCUT2D eigenvalue weighted by atomic mass is 9.94. The highest BCUT2D eigenvalue weighted by molar-refractivity contribution is 4.90. The van der Waals surface area contributed by atoms with E-state index in [0.29, 0.717) is 12.1 Å². The molecule has 2 unspecified atom stereocenters. The second-order valence-electron chi connectivity index (χ2n) is 5.31. The number of ether oxygens (including phenoxy) is 1. The summed E-state index contributed by atoms with van der Waals surface area (Å²) in [7, 11) is 0. The van der Waals surface area contributed by atoms with Gasteiger partial charge in [0.15, 0.2) is 0 Å². The van der Waals surface area contributed by atoms with Gasteiger partial charge in [-0.15, -0.1) is 0 Å². The molecule has 2 atom stereocenters. The zero-order valence-corrected chi connectivity index (χ0v) is 9.95. The number of rotatable bonds is 6. The first-order valence-corrected chi connectivity index (χ1v) is 6.68. The van der Waals surface area contributed by atoms with E-state index >= 15 is 0 Å². The molecule has 0 spiro atoms. The van der Waals surface area contributed by atoms with Gasteiger partial charge in [-0.2, -0.15) is 0 Å². The maximum Gasteiger partial charge on any atom is 0.0753 e. The van der Waals surface area contributed by atoms with E-state index in [9.17, 15) is 0 Å². The molecule has 0 aliphatic heterocycles. The highest BCUT2D eigenvalue weighted by Gasteiger charge is 2.36. The number of hydrogen-bond acceptors (Lipinski definition) is 2. The van der Waals surface area contributed by atoms with Crippen molar-refractivity contribution in [3.63, 3.8) is 0 Å². The van der Waals surface area contributed by atoms with Crippen LogP contribution in [0.5, 0.6) is 0 Å². The van der Waals surface area contributed by atoms with Crippen LogP contribution in [0.2, 0.25) is 0 Å². The molecular weight excluding hydrogens is 186 g/mol. The summed E-state index contributed by atoms with van der Waals surface area (Å²) in [6.45, 7) is 2.90. The van der Waals surface area contributed by atoms with E-state index in [1.165, 1.54) is 44.9 Å². The molecule has 0 aromatic rings. The lowest BCUT2D eigenvalue weighted by Gasteiger charge is -2.25. The molecule has 0 heterocycles. The van der Waals surface area contributed by atoms with E-state index in [1.807, 2.05) is 0 Å². The van der Waals surface area contributed by atoms with Crippen molar-refractivity contribution in [1.82, 2.24) is 0 Å². The fourth-order valence-electron chi connectivity index (χ4n) is 2.99. The largest absolute Gasteiger partial charge is 0.377 e. The van der Waals surface area contributed by atoms with Gasteiger partial charge < -0.3 is 10.5 Å². The van der Waals surface area contributed by atoms with E-state index in [4.69, 9.17) is 10.5 Å². The highest BCUT2D eigenvalue weighted by atomic mass is 16.5.